The van der Waals surface area contributed by atoms with Gasteiger partial charge in [-0.3, -0.25) is 4.79 Å². The van der Waals surface area contributed by atoms with E-state index >= 15 is 0 Å². The molecule has 0 aromatic heterocycles. The third-order valence-electron chi connectivity index (χ3n) is 7.45. The fourth-order valence-electron chi connectivity index (χ4n) is 4.82. The maximum atomic E-state index is 12.7. The number of ether oxygens (including phenoxy) is 4. The molecule has 0 radical (unpaired) electrons. The lowest BCUT2D eigenvalue weighted by Gasteiger charge is -2.14. The molecule has 6 nitrogen and oxygen atoms in total. The van der Waals surface area contributed by atoms with Crippen molar-refractivity contribution in [2.75, 3.05) is 13.2 Å². The first-order chi connectivity index (χ1) is 21.5. The summed E-state index contributed by atoms with van der Waals surface area (Å²) in [5.41, 5.74) is 2.50. The van der Waals surface area contributed by atoms with Crippen molar-refractivity contribution in [2.45, 2.75) is 104 Å². The second-order valence-electron chi connectivity index (χ2n) is 11.3. The van der Waals surface area contributed by atoms with E-state index in [1.54, 1.807) is 24.3 Å². The molecule has 44 heavy (non-hydrogen) atoms. The highest BCUT2D eigenvalue weighted by Gasteiger charge is 2.11. The number of rotatable bonds is 21. The Morgan fingerprint density at radius 2 is 1.18 bits per heavy atom. The minimum Gasteiger partial charge on any atom is -0.493 e. The lowest BCUT2D eigenvalue weighted by molar-refractivity contribution is -0.144. The van der Waals surface area contributed by atoms with Gasteiger partial charge in [0.25, 0.3) is 0 Å². The highest BCUT2D eigenvalue weighted by atomic mass is 16.5. The van der Waals surface area contributed by atoms with Gasteiger partial charge in [-0.15, -0.1) is 0 Å². The predicted octanol–water partition coefficient (Wildman–Crippen LogP) is 9.98. The van der Waals surface area contributed by atoms with Crippen LogP contribution >= 0.6 is 0 Å². The molecule has 0 heterocycles. The summed E-state index contributed by atoms with van der Waals surface area (Å²) in [6.45, 7) is 7.33. The SMILES string of the molecule is CCCCCCCC(=O)OCCCOc1ccc(-c2ccc(OC(=O)c3ccc(O[C@@H](C)CCCCCC)cc3)cc2)cc1. The molecule has 0 aliphatic carbocycles. The number of unbranched alkanes of at least 4 members (excludes halogenated alkanes) is 7. The van der Waals surface area contributed by atoms with Crippen molar-refractivity contribution >= 4 is 11.9 Å². The van der Waals surface area contributed by atoms with Crippen molar-refractivity contribution in [3.8, 4) is 28.4 Å². The molecule has 0 aliphatic heterocycles. The summed E-state index contributed by atoms with van der Waals surface area (Å²) in [5.74, 6) is 1.48. The molecule has 0 aliphatic rings. The van der Waals surface area contributed by atoms with E-state index in [0.29, 0.717) is 37.4 Å². The standard InChI is InChI=1S/C38H50O6/c1-4-6-8-10-12-15-37(39)42-29-13-28-41-34-22-16-31(17-23-34)32-18-24-36(25-19-32)44-38(40)33-20-26-35(27-21-33)43-30(3)14-11-9-7-5-2/h16-27,30H,4-15,28-29H2,1-3H3/t30-/m0/s1. The number of benzene rings is 3. The van der Waals surface area contributed by atoms with Crippen LogP contribution in [0.25, 0.3) is 11.1 Å². The Balaban J connectivity index is 1.36. The molecule has 0 unspecified atom stereocenters. The summed E-state index contributed by atoms with van der Waals surface area (Å²) in [5, 5.41) is 0. The van der Waals surface area contributed by atoms with E-state index < -0.39 is 5.97 Å². The average molecular weight is 603 g/mol. The molecule has 0 saturated heterocycles. The van der Waals surface area contributed by atoms with Crippen molar-refractivity contribution < 1.29 is 28.5 Å². The topological polar surface area (TPSA) is 71.1 Å². The fourth-order valence-corrected chi connectivity index (χ4v) is 4.82. The van der Waals surface area contributed by atoms with Gasteiger partial charge < -0.3 is 18.9 Å². The van der Waals surface area contributed by atoms with Gasteiger partial charge in [-0.1, -0.05) is 83.1 Å². The Morgan fingerprint density at radius 3 is 1.82 bits per heavy atom. The molecule has 0 fully saturated rings. The molecule has 1 atom stereocenters. The Hall–Kier alpha value is -3.80. The van der Waals surface area contributed by atoms with Crippen LogP contribution in [-0.4, -0.2) is 31.3 Å². The Labute approximate surface area is 264 Å². The van der Waals surface area contributed by atoms with Gasteiger partial charge in [0.2, 0.25) is 0 Å². The predicted molar refractivity (Wildman–Crippen MR) is 177 cm³/mol. The molecular formula is C38H50O6. The zero-order valence-electron chi connectivity index (χ0n) is 26.9. The molecule has 238 valence electrons. The summed E-state index contributed by atoms with van der Waals surface area (Å²) in [6, 6.07) is 22.4. The van der Waals surface area contributed by atoms with E-state index in [9.17, 15) is 9.59 Å². The lowest BCUT2D eigenvalue weighted by Crippen LogP contribution is -2.12. The van der Waals surface area contributed by atoms with Crippen LogP contribution in [-0.2, 0) is 9.53 Å². The molecule has 3 aromatic carbocycles. The van der Waals surface area contributed by atoms with E-state index in [2.05, 4.69) is 20.8 Å². The van der Waals surface area contributed by atoms with Gasteiger partial charge in [-0.05, 0) is 85.8 Å². The molecule has 0 bridgehead atoms. The monoisotopic (exact) mass is 602 g/mol. The Bertz CT molecular complexity index is 1220. The second kappa shape index (κ2) is 20.2. The van der Waals surface area contributed by atoms with Gasteiger partial charge in [0, 0.05) is 12.8 Å². The van der Waals surface area contributed by atoms with Crippen LogP contribution in [0.5, 0.6) is 17.2 Å². The van der Waals surface area contributed by atoms with Gasteiger partial charge in [0.15, 0.2) is 0 Å². The van der Waals surface area contributed by atoms with E-state index in [1.165, 1.54) is 44.9 Å². The molecule has 0 amide bonds. The smallest absolute Gasteiger partial charge is 0.343 e. The van der Waals surface area contributed by atoms with Crippen LogP contribution in [0.2, 0.25) is 0 Å². The van der Waals surface area contributed by atoms with Crippen LogP contribution in [0.3, 0.4) is 0 Å². The first-order valence-corrected chi connectivity index (χ1v) is 16.5. The number of carbonyl (C=O) groups is 2. The minimum absolute atomic E-state index is 0.121. The van der Waals surface area contributed by atoms with Crippen molar-refractivity contribution in [1.82, 2.24) is 0 Å². The molecule has 0 saturated carbocycles. The highest BCUT2D eigenvalue weighted by molar-refractivity contribution is 5.91. The third-order valence-corrected chi connectivity index (χ3v) is 7.45. The summed E-state index contributed by atoms with van der Waals surface area (Å²) in [7, 11) is 0. The molecular weight excluding hydrogens is 552 g/mol. The second-order valence-corrected chi connectivity index (χ2v) is 11.3. The van der Waals surface area contributed by atoms with Crippen LogP contribution in [0.4, 0.5) is 0 Å². The molecule has 3 rings (SSSR count). The quantitative estimate of drug-likeness (QED) is 0.0686. The maximum absolute atomic E-state index is 12.7. The summed E-state index contributed by atoms with van der Waals surface area (Å²) in [4.78, 5) is 24.5. The van der Waals surface area contributed by atoms with Crippen LogP contribution < -0.4 is 14.2 Å². The summed E-state index contributed by atoms with van der Waals surface area (Å²) >= 11 is 0. The lowest BCUT2D eigenvalue weighted by atomic mass is 10.1. The molecule has 0 spiro atoms. The normalized spacial score (nSPS) is 11.5. The van der Waals surface area contributed by atoms with E-state index in [4.69, 9.17) is 18.9 Å². The average Bonchev–Trinajstić information content (AvgIpc) is 3.04. The maximum Gasteiger partial charge on any atom is 0.343 e. The molecule has 3 aromatic rings. The van der Waals surface area contributed by atoms with Gasteiger partial charge in [0.1, 0.15) is 17.2 Å². The van der Waals surface area contributed by atoms with Crippen molar-refractivity contribution in [2.24, 2.45) is 0 Å². The van der Waals surface area contributed by atoms with Crippen LogP contribution in [0.1, 0.15) is 108 Å². The van der Waals surface area contributed by atoms with Crippen molar-refractivity contribution in [3.63, 3.8) is 0 Å². The number of hydrogen-bond acceptors (Lipinski definition) is 6. The van der Waals surface area contributed by atoms with Crippen molar-refractivity contribution in [1.29, 1.82) is 0 Å². The highest BCUT2D eigenvalue weighted by Crippen LogP contribution is 2.25. The van der Waals surface area contributed by atoms with Crippen LogP contribution in [0, 0.1) is 0 Å². The number of carbonyl (C=O) groups excluding carboxylic acids is 2. The number of hydrogen-bond donors (Lipinski definition) is 0. The summed E-state index contributed by atoms with van der Waals surface area (Å²) in [6.07, 6.45) is 12.8. The minimum atomic E-state index is -0.407. The van der Waals surface area contributed by atoms with Gasteiger partial charge >= 0.3 is 11.9 Å². The van der Waals surface area contributed by atoms with Gasteiger partial charge in [0.05, 0.1) is 24.9 Å². The third kappa shape index (κ3) is 13.2. The molecule has 6 heteroatoms. The molecule has 0 N–H and O–H groups in total. The number of esters is 2. The van der Waals surface area contributed by atoms with E-state index in [0.717, 1.165) is 41.9 Å². The van der Waals surface area contributed by atoms with Crippen LogP contribution in [0.15, 0.2) is 72.8 Å². The van der Waals surface area contributed by atoms with E-state index in [-0.39, 0.29) is 12.1 Å². The van der Waals surface area contributed by atoms with Gasteiger partial charge in [-0.2, -0.15) is 0 Å². The Morgan fingerprint density at radius 1 is 0.614 bits per heavy atom. The fraction of sp³-hybridized carbons (Fsp3) is 0.474. The van der Waals surface area contributed by atoms with Gasteiger partial charge in [-0.25, -0.2) is 4.79 Å². The van der Waals surface area contributed by atoms with Crippen molar-refractivity contribution in [3.05, 3.63) is 78.4 Å². The first kappa shape index (κ1) is 34.7. The van der Waals surface area contributed by atoms with E-state index in [1.807, 2.05) is 48.5 Å². The first-order valence-electron chi connectivity index (χ1n) is 16.5. The zero-order valence-corrected chi connectivity index (χ0v) is 26.9. The largest absolute Gasteiger partial charge is 0.493 e. The zero-order chi connectivity index (χ0) is 31.4. The Kier molecular flexibility index (Phi) is 15.9. The summed E-state index contributed by atoms with van der Waals surface area (Å²) < 4.78 is 22.7.